The average Bonchev–Trinajstić information content (AvgIpc) is 2.61. The maximum absolute atomic E-state index is 12.1. The van der Waals surface area contributed by atoms with Gasteiger partial charge in [0.05, 0.1) is 5.02 Å². The Hall–Kier alpha value is -1.00. The first-order valence-corrected chi connectivity index (χ1v) is 6.29. The van der Waals surface area contributed by atoms with Crippen molar-refractivity contribution in [3.8, 4) is 0 Å². The van der Waals surface area contributed by atoms with E-state index in [2.05, 4.69) is 17.6 Å². The third kappa shape index (κ3) is 2.82. The standard InChI is InChI=1S/C12H18ClN3O/c1-8-3-4-14-6-10(8)15-12(17)11-5-9(13)7-16(11)2/h5,7-8,10,14H,3-4,6H2,1-2H3,(H,15,17). The first kappa shape index (κ1) is 12.5. The molecule has 1 aliphatic heterocycles. The number of aryl methyl sites for hydroxylation is 1. The van der Waals surface area contributed by atoms with Crippen LogP contribution >= 0.6 is 11.6 Å². The molecule has 1 fully saturated rings. The molecule has 2 unspecified atom stereocenters. The van der Waals surface area contributed by atoms with Crippen LogP contribution < -0.4 is 10.6 Å². The first-order valence-electron chi connectivity index (χ1n) is 5.91. The van der Waals surface area contributed by atoms with Gasteiger partial charge in [-0.15, -0.1) is 0 Å². The summed E-state index contributed by atoms with van der Waals surface area (Å²) >= 11 is 5.87. The van der Waals surface area contributed by atoms with E-state index in [1.807, 2.05) is 7.05 Å². The van der Waals surface area contributed by atoms with E-state index in [0.717, 1.165) is 19.5 Å². The number of rotatable bonds is 2. The maximum Gasteiger partial charge on any atom is 0.268 e. The largest absolute Gasteiger partial charge is 0.346 e. The number of amides is 1. The fourth-order valence-electron chi connectivity index (χ4n) is 2.18. The second-order valence-corrected chi connectivity index (χ2v) is 5.14. The van der Waals surface area contributed by atoms with E-state index in [1.165, 1.54) is 0 Å². The van der Waals surface area contributed by atoms with Gasteiger partial charge < -0.3 is 15.2 Å². The Labute approximate surface area is 106 Å². The number of hydrogen-bond acceptors (Lipinski definition) is 2. The minimum atomic E-state index is -0.0556. The quantitative estimate of drug-likeness (QED) is 0.839. The summed E-state index contributed by atoms with van der Waals surface area (Å²) in [5, 5.41) is 6.94. The van der Waals surface area contributed by atoms with Gasteiger partial charge in [0, 0.05) is 25.8 Å². The molecule has 0 aromatic carbocycles. The molecule has 0 spiro atoms. The van der Waals surface area contributed by atoms with Gasteiger partial charge >= 0.3 is 0 Å². The minimum Gasteiger partial charge on any atom is -0.346 e. The molecule has 4 nitrogen and oxygen atoms in total. The average molecular weight is 256 g/mol. The molecule has 2 rings (SSSR count). The number of nitrogens with zero attached hydrogens (tertiary/aromatic N) is 1. The highest BCUT2D eigenvalue weighted by Gasteiger charge is 2.23. The Morgan fingerprint density at radius 3 is 3.00 bits per heavy atom. The van der Waals surface area contributed by atoms with Crippen molar-refractivity contribution >= 4 is 17.5 Å². The van der Waals surface area contributed by atoms with Crippen molar-refractivity contribution in [2.45, 2.75) is 19.4 Å². The fourth-order valence-corrected chi connectivity index (χ4v) is 2.42. The van der Waals surface area contributed by atoms with Crippen molar-refractivity contribution in [2.75, 3.05) is 13.1 Å². The smallest absolute Gasteiger partial charge is 0.268 e. The van der Waals surface area contributed by atoms with E-state index in [4.69, 9.17) is 11.6 Å². The predicted octanol–water partition coefficient (Wildman–Crippen LogP) is 1.41. The van der Waals surface area contributed by atoms with E-state index in [1.54, 1.807) is 16.8 Å². The molecule has 94 valence electrons. The van der Waals surface area contributed by atoms with E-state index < -0.39 is 0 Å². The molecular weight excluding hydrogens is 238 g/mol. The van der Waals surface area contributed by atoms with Gasteiger partial charge in [0.1, 0.15) is 5.69 Å². The molecule has 0 radical (unpaired) electrons. The van der Waals surface area contributed by atoms with Crippen LogP contribution in [0.3, 0.4) is 0 Å². The van der Waals surface area contributed by atoms with Crippen molar-refractivity contribution in [2.24, 2.45) is 13.0 Å². The van der Waals surface area contributed by atoms with Gasteiger partial charge in [-0.05, 0) is 24.9 Å². The minimum absolute atomic E-state index is 0.0556. The summed E-state index contributed by atoms with van der Waals surface area (Å²) in [5.41, 5.74) is 0.604. The number of piperidine rings is 1. The molecular formula is C12H18ClN3O. The van der Waals surface area contributed by atoms with Crippen molar-refractivity contribution in [3.63, 3.8) is 0 Å². The molecule has 17 heavy (non-hydrogen) atoms. The number of nitrogens with one attached hydrogen (secondary N) is 2. The van der Waals surface area contributed by atoms with E-state index in [9.17, 15) is 4.79 Å². The molecule has 0 aliphatic carbocycles. The van der Waals surface area contributed by atoms with Crippen LogP contribution in [0, 0.1) is 5.92 Å². The van der Waals surface area contributed by atoms with Crippen LogP contribution in [-0.2, 0) is 7.05 Å². The number of carbonyl (C=O) groups excluding carboxylic acids is 1. The number of hydrogen-bond donors (Lipinski definition) is 2. The molecule has 1 amide bonds. The van der Waals surface area contributed by atoms with E-state index in [0.29, 0.717) is 16.6 Å². The molecule has 1 aromatic rings. The van der Waals surface area contributed by atoms with Crippen LogP contribution in [0.1, 0.15) is 23.8 Å². The lowest BCUT2D eigenvalue weighted by molar-refractivity contribution is 0.0907. The fraction of sp³-hybridized carbons (Fsp3) is 0.583. The summed E-state index contributed by atoms with van der Waals surface area (Å²) in [6, 6.07) is 1.89. The van der Waals surface area contributed by atoms with Gasteiger partial charge in [-0.3, -0.25) is 4.79 Å². The van der Waals surface area contributed by atoms with E-state index >= 15 is 0 Å². The zero-order chi connectivity index (χ0) is 12.4. The van der Waals surface area contributed by atoms with Gasteiger partial charge in [-0.25, -0.2) is 0 Å². The normalized spacial score (nSPS) is 24.6. The van der Waals surface area contributed by atoms with Crippen LogP contribution in [0.4, 0.5) is 0 Å². The van der Waals surface area contributed by atoms with Gasteiger partial charge in [0.15, 0.2) is 0 Å². The Balaban J connectivity index is 2.03. The molecule has 5 heteroatoms. The topological polar surface area (TPSA) is 46.1 Å². The molecule has 1 saturated heterocycles. The summed E-state index contributed by atoms with van der Waals surface area (Å²) in [7, 11) is 1.82. The predicted molar refractivity (Wildman–Crippen MR) is 68.3 cm³/mol. The SMILES string of the molecule is CC1CCNCC1NC(=O)c1cc(Cl)cn1C. The molecule has 2 N–H and O–H groups in total. The Bertz CT molecular complexity index is 416. The maximum atomic E-state index is 12.1. The van der Waals surface area contributed by atoms with Crippen LogP contribution in [0.2, 0.25) is 5.02 Å². The monoisotopic (exact) mass is 255 g/mol. The highest BCUT2D eigenvalue weighted by molar-refractivity contribution is 6.31. The summed E-state index contributed by atoms with van der Waals surface area (Å²) < 4.78 is 1.75. The molecule has 1 aliphatic rings. The van der Waals surface area contributed by atoms with Crippen molar-refractivity contribution in [1.82, 2.24) is 15.2 Å². The van der Waals surface area contributed by atoms with Crippen LogP contribution in [0.15, 0.2) is 12.3 Å². The summed E-state index contributed by atoms with van der Waals surface area (Å²) in [6.07, 6.45) is 2.83. The summed E-state index contributed by atoms with van der Waals surface area (Å²) in [5.74, 6) is 0.455. The number of carbonyl (C=O) groups is 1. The second kappa shape index (κ2) is 5.10. The Kier molecular flexibility index (Phi) is 3.74. The second-order valence-electron chi connectivity index (χ2n) is 4.70. The third-order valence-corrected chi connectivity index (χ3v) is 3.55. The lowest BCUT2D eigenvalue weighted by Gasteiger charge is -2.30. The van der Waals surface area contributed by atoms with Crippen LogP contribution in [0.5, 0.6) is 0 Å². The highest BCUT2D eigenvalue weighted by atomic mass is 35.5. The van der Waals surface area contributed by atoms with Crippen LogP contribution in [-0.4, -0.2) is 29.6 Å². The van der Waals surface area contributed by atoms with Crippen molar-refractivity contribution in [3.05, 3.63) is 23.0 Å². The molecule has 0 saturated carbocycles. The zero-order valence-electron chi connectivity index (χ0n) is 10.2. The first-order chi connectivity index (χ1) is 8.08. The molecule has 2 atom stereocenters. The lowest BCUT2D eigenvalue weighted by Crippen LogP contribution is -2.50. The Morgan fingerprint density at radius 2 is 2.41 bits per heavy atom. The molecule has 0 bridgehead atoms. The van der Waals surface area contributed by atoms with Crippen molar-refractivity contribution < 1.29 is 4.79 Å². The number of aromatic nitrogens is 1. The summed E-state index contributed by atoms with van der Waals surface area (Å²) in [6.45, 7) is 4.04. The highest BCUT2D eigenvalue weighted by Crippen LogP contribution is 2.15. The van der Waals surface area contributed by atoms with Crippen molar-refractivity contribution in [1.29, 1.82) is 0 Å². The van der Waals surface area contributed by atoms with E-state index in [-0.39, 0.29) is 11.9 Å². The van der Waals surface area contributed by atoms with Gasteiger partial charge in [0.2, 0.25) is 0 Å². The van der Waals surface area contributed by atoms with Crippen LogP contribution in [0.25, 0.3) is 0 Å². The third-order valence-electron chi connectivity index (χ3n) is 3.35. The molecule has 2 heterocycles. The summed E-state index contributed by atoms with van der Waals surface area (Å²) in [4.78, 5) is 12.1. The van der Waals surface area contributed by atoms with Gasteiger partial charge in [0.25, 0.3) is 5.91 Å². The zero-order valence-corrected chi connectivity index (χ0v) is 10.9. The Morgan fingerprint density at radius 1 is 1.65 bits per heavy atom. The van der Waals surface area contributed by atoms with Gasteiger partial charge in [-0.2, -0.15) is 0 Å². The van der Waals surface area contributed by atoms with Gasteiger partial charge in [-0.1, -0.05) is 18.5 Å². The molecule has 1 aromatic heterocycles. The number of halogens is 1. The lowest BCUT2D eigenvalue weighted by atomic mass is 9.95.